The van der Waals surface area contributed by atoms with Crippen LogP contribution in [0.3, 0.4) is 0 Å². The van der Waals surface area contributed by atoms with Crippen molar-refractivity contribution in [1.29, 1.82) is 0 Å². The molecule has 7 nitrogen and oxygen atoms in total. The summed E-state index contributed by atoms with van der Waals surface area (Å²) >= 11 is 0. The molecule has 34 heavy (non-hydrogen) atoms. The maximum atomic E-state index is 13.0. The Labute approximate surface area is 201 Å². The first-order valence-electron chi connectivity index (χ1n) is 11.9. The number of nitrogens with one attached hydrogen (secondary N) is 3. The average molecular weight is 466 g/mol. The minimum Gasteiger partial charge on any atom is -0.480 e. The largest absolute Gasteiger partial charge is 0.480 e. The number of aliphatic carboxylic acids is 1. The van der Waals surface area contributed by atoms with E-state index in [4.69, 9.17) is 0 Å². The number of carbonyl (C=O) groups is 3. The van der Waals surface area contributed by atoms with Gasteiger partial charge >= 0.3 is 5.97 Å². The summed E-state index contributed by atoms with van der Waals surface area (Å²) in [7, 11) is 0. The lowest BCUT2D eigenvalue weighted by atomic mass is 9.96. The molecule has 0 radical (unpaired) electrons. The summed E-state index contributed by atoms with van der Waals surface area (Å²) in [5.74, 6) is -1.76. The number of carbonyl (C=O) groups excluding carboxylic acids is 2. The number of rotatable bonds is 13. The molecule has 7 heteroatoms. The Morgan fingerprint density at radius 1 is 0.912 bits per heavy atom. The van der Waals surface area contributed by atoms with E-state index in [-0.39, 0.29) is 30.2 Å². The summed E-state index contributed by atoms with van der Waals surface area (Å²) in [5, 5.41) is 18.2. The highest BCUT2D eigenvalue weighted by atomic mass is 16.4. The Balaban J connectivity index is 1.59. The number of carboxylic acid groups (broad SMARTS) is 1. The molecule has 1 aliphatic rings. The maximum Gasteiger partial charge on any atom is 0.326 e. The highest BCUT2D eigenvalue weighted by Crippen LogP contribution is 2.47. The van der Waals surface area contributed by atoms with E-state index in [0.717, 1.165) is 18.4 Å². The van der Waals surface area contributed by atoms with Crippen LogP contribution in [-0.2, 0) is 26.2 Å². The number of amides is 2. The first-order valence-corrected chi connectivity index (χ1v) is 11.9. The van der Waals surface area contributed by atoms with Gasteiger partial charge in [0.1, 0.15) is 12.1 Å². The molecular weight excluding hydrogens is 430 g/mol. The van der Waals surface area contributed by atoms with E-state index < -0.39 is 24.0 Å². The fraction of sp³-hybridized carbons (Fsp3) is 0.444. The monoisotopic (exact) mass is 465 g/mol. The molecule has 2 aromatic carbocycles. The van der Waals surface area contributed by atoms with Crippen molar-refractivity contribution in [3.05, 3.63) is 71.8 Å². The molecular formula is C27H35N3O4. The van der Waals surface area contributed by atoms with Crippen molar-refractivity contribution in [2.24, 2.45) is 5.92 Å². The zero-order valence-electron chi connectivity index (χ0n) is 19.9. The van der Waals surface area contributed by atoms with E-state index in [2.05, 4.69) is 28.1 Å². The van der Waals surface area contributed by atoms with Gasteiger partial charge in [0.15, 0.2) is 0 Å². The van der Waals surface area contributed by atoms with Crippen molar-refractivity contribution in [2.75, 3.05) is 13.1 Å². The van der Waals surface area contributed by atoms with Crippen molar-refractivity contribution in [3.63, 3.8) is 0 Å². The van der Waals surface area contributed by atoms with Crippen molar-refractivity contribution in [3.8, 4) is 0 Å². The summed E-state index contributed by atoms with van der Waals surface area (Å²) in [6.45, 7) is 4.58. The molecule has 2 amide bonds. The third-order valence-corrected chi connectivity index (χ3v) is 6.24. The van der Waals surface area contributed by atoms with E-state index in [1.54, 1.807) is 0 Å². The summed E-state index contributed by atoms with van der Waals surface area (Å²) < 4.78 is 0. The highest BCUT2D eigenvalue weighted by Gasteiger charge is 2.43. The van der Waals surface area contributed by atoms with Gasteiger partial charge < -0.3 is 21.1 Å². The number of benzene rings is 2. The molecule has 0 aliphatic heterocycles. The number of carboxylic acids is 1. The van der Waals surface area contributed by atoms with E-state index >= 15 is 0 Å². The van der Waals surface area contributed by atoms with Crippen molar-refractivity contribution in [1.82, 2.24) is 16.0 Å². The Bertz CT molecular complexity index is 958. The second kappa shape index (κ2) is 11.8. The Kier molecular flexibility index (Phi) is 8.82. The minimum atomic E-state index is -1.08. The quantitative estimate of drug-likeness (QED) is 0.364. The third kappa shape index (κ3) is 7.42. The van der Waals surface area contributed by atoms with Gasteiger partial charge in [-0.1, -0.05) is 74.5 Å². The van der Waals surface area contributed by atoms with Gasteiger partial charge in [-0.2, -0.15) is 0 Å². The van der Waals surface area contributed by atoms with Gasteiger partial charge in [-0.05, 0) is 36.3 Å². The standard InChI is InChI=1S/C27H35N3O4/c1-19(2)15-23(26(33)34)30-25(32)22(16-20-9-5-3-6-10-20)29-24(31)17-28-18-27(13-14-27)21-11-7-4-8-12-21/h3-12,19,22-23,28H,13-18H2,1-2H3,(H,29,31)(H,30,32)(H,33,34)/t22-,23?/m1/s1. The molecule has 1 fully saturated rings. The van der Waals surface area contributed by atoms with E-state index in [0.29, 0.717) is 13.0 Å². The second-order valence-electron chi connectivity index (χ2n) is 9.59. The van der Waals surface area contributed by atoms with Crippen LogP contribution < -0.4 is 16.0 Å². The van der Waals surface area contributed by atoms with Gasteiger partial charge in [0.25, 0.3) is 0 Å². The van der Waals surface area contributed by atoms with Crippen molar-refractivity contribution in [2.45, 2.75) is 57.0 Å². The van der Waals surface area contributed by atoms with Crippen LogP contribution in [0.4, 0.5) is 0 Å². The number of hydrogen-bond donors (Lipinski definition) is 4. The summed E-state index contributed by atoms with van der Waals surface area (Å²) in [5.41, 5.74) is 2.23. The molecule has 0 heterocycles. The minimum absolute atomic E-state index is 0.0773. The maximum absolute atomic E-state index is 13.0. The highest BCUT2D eigenvalue weighted by molar-refractivity contribution is 5.91. The molecule has 1 unspecified atom stereocenters. The van der Waals surface area contributed by atoms with Crippen LogP contribution in [-0.4, -0.2) is 48.1 Å². The lowest BCUT2D eigenvalue weighted by molar-refractivity contribution is -0.142. The second-order valence-corrected chi connectivity index (χ2v) is 9.59. The first-order chi connectivity index (χ1) is 16.3. The van der Waals surface area contributed by atoms with Gasteiger partial charge in [-0.3, -0.25) is 9.59 Å². The molecule has 182 valence electrons. The number of hydrogen-bond acceptors (Lipinski definition) is 4. The van der Waals surface area contributed by atoms with Crippen LogP contribution in [0.5, 0.6) is 0 Å². The summed E-state index contributed by atoms with van der Waals surface area (Å²) in [6, 6.07) is 17.8. The predicted molar refractivity (Wildman–Crippen MR) is 131 cm³/mol. The van der Waals surface area contributed by atoms with Crippen LogP contribution in [0.2, 0.25) is 0 Å². The van der Waals surface area contributed by atoms with Gasteiger partial charge in [-0.25, -0.2) is 4.79 Å². The smallest absolute Gasteiger partial charge is 0.326 e. The fourth-order valence-corrected chi connectivity index (χ4v) is 4.20. The lowest BCUT2D eigenvalue weighted by Crippen LogP contribution is -2.54. The summed E-state index contributed by atoms with van der Waals surface area (Å²) in [4.78, 5) is 37.3. The van der Waals surface area contributed by atoms with E-state index in [1.165, 1.54) is 5.56 Å². The lowest BCUT2D eigenvalue weighted by Gasteiger charge is -2.23. The molecule has 3 rings (SSSR count). The zero-order valence-corrected chi connectivity index (χ0v) is 19.9. The Morgan fingerprint density at radius 2 is 1.53 bits per heavy atom. The van der Waals surface area contributed by atoms with Gasteiger partial charge in [0, 0.05) is 18.4 Å². The van der Waals surface area contributed by atoms with Gasteiger partial charge in [0.2, 0.25) is 11.8 Å². The van der Waals surface area contributed by atoms with Crippen LogP contribution in [0, 0.1) is 5.92 Å². The van der Waals surface area contributed by atoms with Crippen molar-refractivity contribution >= 4 is 17.8 Å². The SMILES string of the molecule is CC(C)CC(NC(=O)[C@@H](Cc1ccccc1)NC(=O)CNCC1(c2ccccc2)CC1)C(=O)O. The van der Waals surface area contributed by atoms with E-state index in [9.17, 15) is 19.5 Å². The molecule has 2 aromatic rings. The molecule has 0 aromatic heterocycles. The van der Waals surface area contributed by atoms with E-state index in [1.807, 2.05) is 62.4 Å². The van der Waals surface area contributed by atoms with Gasteiger partial charge in [0.05, 0.1) is 6.54 Å². The zero-order chi connectivity index (χ0) is 24.6. The van der Waals surface area contributed by atoms with Crippen LogP contribution >= 0.6 is 0 Å². The van der Waals surface area contributed by atoms with Crippen molar-refractivity contribution < 1.29 is 19.5 Å². The summed E-state index contributed by atoms with van der Waals surface area (Å²) in [6.07, 6.45) is 2.75. The van der Waals surface area contributed by atoms with Crippen LogP contribution in [0.25, 0.3) is 0 Å². The normalized spacial score (nSPS) is 15.9. The molecule has 0 saturated heterocycles. The topological polar surface area (TPSA) is 108 Å². The van der Waals surface area contributed by atoms with Crippen LogP contribution in [0.1, 0.15) is 44.2 Å². The molecule has 0 bridgehead atoms. The molecule has 1 aliphatic carbocycles. The molecule has 0 spiro atoms. The van der Waals surface area contributed by atoms with Gasteiger partial charge in [-0.15, -0.1) is 0 Å². The molecule has 2 atom stereocenters. The molecule has 4 N–H and O–H groups in total. The first kappa shape index (κ1) is 25.4. The fourth-order valence-electron chi connectivity index (χ4n) is 4.20. The Morgan fingerprint density at radius 3 is 2.09 bits per heavy atom. The third-order valence-electron chi connectivity index (χ3n) is 6.24. The van der Waals surface area contributed by atoms with Crippen LogP contribution in [0.15, 0.2) is 60.7 Å². The Hall–Kier alpha value is -3.19. The average Bonchev–Trinajstić information content (AvgIpc) is 3.60. The predicted octanol–water partition coefficient (Wildman–Crippen LogP) is 2.65. The molecule has 1 saturated carbocycles.